The summed E-state index contributed by atoms with van der Waals surface area (Å²) < 4.78 is 45.7. The van der Waals surface area contributed by atoms with Crippen molar-refractivity contribution in [2.75, 3.05) is 13.2 Å². The number of rotatable bonds is 3. The maximum atomic E-state index is 13.4. The van der Waals surface area contributed by atoms with Gasteiger partial charge in [0, 0.05) is 42.0 Å². The number of pyridine rings is 1. The van der Waals surface area contributed by atoms with Crippen LogP contribution in [0.2, 0.25) is 0 Å². The molecule has 5 rings (SSSR count). The van der Waals surface area contributed by atoms with Gasteiger partial charge < -0.3 is 14.9 Å². The smallest absolute Gasteiger partial charge is 0.388 e. The molecule has 0 radical (unpaired) electrons. The molecule has 2 N–H and O–H groups in total. The standard InChI is InChI=1S/C30H38F3NO3.C5H12/c1-17-5-4-6-22(35)26-25-21(15-29(2,3)16-23(25)36)34-28(19-11-13-37-14-12-19)27(26)24(17)18-7-9-20(10-8-18)30(31,32)33;1-4-5(2)3/h7-10,17,19,22-24,35-36H,4-6,11-16H2,1-3H3;5H,4H2,1-3H3. The zero-order chi connectivity index (χ0) is 30.8. The fraction of sp³-hybridized carbons (Fsp3) is 0.686. The van der Waals surface area contributed by atoms with Gasteiger partial charge in [-0.2, -0.15) is 13.2 Å². The van der Waals surface area contributed by atoms with E-state index in [0.29, 0.717) is 26.1 Å². The van der Waals surface area contributed by atoms with Crippen molar-refractivity contribution in [2.24, 2.45) is 17.3 Å². The summed E-state index contributed by atoms with van der Waals surface area (Å²) in [5.41, 5.74) is 4.30. The molecule has 1 aromatic carbocycles. The normalized spacial score (nSPS) is 26.4. The summed E-state index contributed by atoms with van der Waals surface area (Å²) in [6, 6.07) is 5.51. The first-order valence-electron chi connectivity index (χ1n) is 15.9. The van der Waals surface area contributed by atoms with E-state index >= 15 is 0 Å². The van der Waals surface area contributed by atoms with Crippen LogP contribution in [0.3, 0.4) is 0 Å². The number of nitrogens with zero attached hydrogens (tertiary/aromatic N) is 1. The first kappa shape index (κ1) is 32.9. The predicted octanol–water partition coefficient (Wildman–Crippen LogP) is 9.04. The van der Waals surface area contributed by atoms with Crippen LogP contribution in [-0.2, 0) is 17.3 Å². The average Bonchev–Trinajstić information content (AvgIpc) is 2.92. The van der Waals surface area contributed by atoms with Crippen LogP contribution in [0.15, 0.2) is 24.3 Å². The Bertz CT molecular complexity index is 1190. The van der Waals surface area contributed by atoms with Crippen LogP contribution in [0.5, 0.6) is 0 Å². The van der Waals surface area contributed by atoms with Crippen molar-refractivity contribution in [3.05, 3.63) is 63.5 Å². The van der Waals surface area contributed by atoms with Gasteiger partial charge in [0.1, 0.15) is 0 Å². The Balaban J connectivity index is 0.000000748. The van der Waals surface area contributed by atoms with Gasteiger partial charge in [0.25, 0.3) is 0 Å². The lowest BCUT2D eigenvalue weighted by molar-refractivity contribution is -0.137. The largest absolute Gasteiger partial charge is 0.416 e. The van der Waals surface area contributed by atoms with E-state index in [1.165, 1.54) is 6.42 Å². The highest BCUT2D eigenvalue weighted by atomic mass is 19.4. The van der Waals surface area contributed by atoms with Crippen molar-refractivity contribution in [2.45, 2.75) is 123 Å². The molecule has 2 aromatic rings. The lowest BCUT2D eigenvalue weighted by atomic mass is 9.67. The lowest BCUT2D eigenvalue weighted by Crippen LogP contribution is -2.32. The van der Waals surface area contributed by atoms with Gasteiger partial charge >= 0.3 is 6.18 Å². The minimum atomic E-state index is -4.40. The van der Waals surface area contributed by atoms with E-state index in [1.54, 1.807) is 12.1 Å². The van der Waals surface area contributed by atoms with Gasteiger partial charge in [-0.1, -0.05) is 66.5 Å². The monoisotopic (exact) mass is 589 g/mol. The molecule has 0 amide bonds. The third-order valence-electron chi connectivity index (χ3n) is 9.52. The highest BCUT2D eigenvalue weighted by Gasteiger charge is 2.42. The number of fused-ring (bicyclic) bond motifs is 3. The molecule has 2 aliphatic carbocycles. The summed E-state index contributed by atoms with van der Waals surface area (Å²) in [7, 11) is 0. The van der Waals surface area contributed by atoms with Gasteiger partial charge in [0.05, 0.1) is 17.8 Å². The second kappa shape index (κ2) is 13.4. The van der Waals surface area contributed by atoms with Crippen LogP contribution >= 0.6 is 0 Å². The molecular formula is C35H50F3NO3. The molecule has 1 saturated heterocycles. The maximum Gasteiger partial charge on any atom is 0.416 e. The number of benzene rings is 1. The number of aliphatic hydroxyl groups is 2. The number of alkyl halides is 3. The predicted molar refractivity (Wildman–Crippen MR) is 160 cm³/mol. The topological polar surface area (TPSA) is 62.6 Å². The summed E-state index contributed by atoms with van der Waals surface area (Å²) in [4.78, 5) is 5.26. The van der Waals surface area contributed by atoms with Crippen molar-refractivity contribution in [1.82, 2.24) is 4.98 Å². The molecule has 4 nitrogen and oxygen atoms in total. The molecule has 3 aliphatic rings. The fourth-order valence-corrected chi connectivity index (χ4v) is 6.93. The van der Waals surface area contributed by atoms with Gasteiger partial charge in [0.2, 0.25) is 0 Å². The maximum absolute atomic E-state index is 13.4. The van der Waals surface area contributed by atoms with Crippen LogP contribution in [0, 0.1) is 17.3 Å². The molecule has 4 atom stereocenters. The van der Waals surface area contributed by atoms with E-state index in [9.17, 15) is 23.4 Å². The summed E-state index contributed by atoms with van der Waals surface area (Å²) in [5, 5.41) is 23.0. The van der Waals surface area contributed by atoms with Gasteiger partial charge in [0.15, 0.2) is 0 Å². The second-order valence-corrected chi connectivity index (χ2v) is 14.0. The number of hydrogen-bond acceptors (Lipinski definition) is 4. The van der Waals surface area contributed by atoms with Crippen molar-refractivity contribution in [3.63, 3.8) is 0 Å². The molecule has 1 aliphatic heterocycles. The number of halogens is 3. The van der Waals surface area contributed by atoms with Gasteiger partial charge in [-0.05, 0) is 84.6 Å². The van der Waals surface area contributed by atoms with E-state index in [-0.39, 0.29) is 23.2 Å². The first-order valence-corrected chi connectivity index (χ1v) is 15.9. The molecule has 1 aromatic heterocycles. The van der Waals surface area contributed by atoms with Gasteiger partial charge in [-0.25, -0.2) is 0 Å². The molecule has 7 heteroatoms. The van der Waals surface area contributed by atoms with Crippen LogP contribution in [0.1, 0.15) is 150 Å². The van der Waals surface area contributed by atoms with Crippen LogP contribution in [-0.4, -0.2) is 28.4 Å². The van der Waals surface area contributed by atoms with Crippen LogP contribution in [0.4, 0.5) is 13.2 Å². The Labute approximate surface area is 250 Å². The lowest BCUT2D eigenvalue weighted by Gasteiger charge is -2.41. The molecular weight excluding hydrogens is 539 g/mol. The Morgan fingerprint density at radius 1 is 0.952 bits per heavy atom. The highest BCUT2D eigenvalue weighted by Crippen LogP contribution is 2.51. The van der Waals surface area contributed by atoms with E-state index in [0.717, 1.165) is 83.8 Å². The minimum Gasteiger partial charge on any atom is -0.388 e. The quantitative estimate of drug-likeness (QED) is 0.375. The summed E-state index contributed by atoms with van der Waals surface area (Å²) >= 11 is 0. The van der Waals surface area contributed by atoms with Crippen molar-refractivity contribution >= 4 is 0 Å². The Hall–Kier alpha value is -1.96. The third-order valence-corrected chi connectivity index (χ3v) is 9.52. The summed E-state index contributed by atoms with van der Waals surface area (Å²) in [6.45, 7) is 14.3. The average molecular weight is 590 g/mol. The number of aliphatic hydroxyl groups excluding tert-OH is 2. The fourth-order valence-electron chi connectivity index (χ4n) is 6.93. The van der Waals surface area contributed by atoms with Gasteiger partial charge in [-0.3, -0.25) is 4.98 Å². The summed E-state index contributed by atoms with van der Waals surface area (Å²) in [5.74, 6) is 0.948. The highest BCUT2D eigenvalue weighted by molar-refractivity contribution is 5.51. The van der Waals surface area contributed by atoms with Gasteiger partial charge in [-0.15, -0.1) is 0 Å². The number of aromatic nitrogens is 1. The molecule has 0 spiro atoms. The second-order valence-electron chi connectivity index (χ2n) is 14.0. The summed E-state index contributed by atoms with van der Waals surface area (Å²) in [6.07, 6.45) is 0.608. The molecule has 0 bridgehead atoms. The minimum absolute atomic E-state index is 0.118. The zero-order valence-corrected chi connectivity index (χ0v) is 26.2. The van der Waals surface area contributed by atoms with Crippen LogP contribution in [0.25, 0.3) is 0 Å². The Morgan fingerprint density at radius 2 is 1.57 bits per heavy atom. The SMILES string of the molecule is CC1CCCC(O)c2c3c(nc(C4CCOCC4)c2C1c1ccc(C(F)(F)F)cc1)CC(C)(C)CC3O.CCC(C)C. The molecule has 234 valence electrons. The van der Waals surface area contributed by atoms with Crippen LogP contribution < -0.4 is 0 Å². The van der Waals surface area contributed by atoms with E-state index < -0.39 is 23.9 Å². The number of hydrogen-bond donors (Lipinski definition) is 2. The molecule has 1 fully saturated rings. The Kier molecular flexibility index (Phi) is 10.5. The van der Waals surface area contributed by atoms with Crippen molar-refractivity contribution in [1.29, 1.82) is 0 Å². The molecule has 42 heavy (non-hydrogen) atoms. The van der Waals surface area contributed by atoms with Crippen molar-refractivity contribution < 1.29 is 28.1 Å². The van der Waals surface area contributed by atoms with E-state index in [2.05, 4.69) is 41.5 Å². The zero-order valence-electron chi connectivity index (χ0n) is 26.2. The Morgan fingerprint density at radius 3 is 2.14 bits per heavy atom. The molecule has 4 unspecified atom stereocenters. The first-order chi connectivity index (χ1) is 19.7. The molecule has 2 heterocycles. The number of ether oxygens (including phenoxy) is 1. The molecule has 0 saturated carbocycles. The van der Waals surface area contributed by atoms with E-state index in [1.807, 2.05) is 0 Å². The van der Waals surface area contributed by atoms with Crippen molar-refractivity contribution in [3.8, 4) is 0 Å². The van der Waals surface area contributed by atoms with E-state index in [4.69, 9.17) is 9.72 Å². The third kappa shape index (κ3) is 7.39.